The number of unbranched alkanes of at least 4 members (excludes halogenated alkanes) is 5. The van der Waals surface area contributed by atoms with Crippen LogP contribution in [0.15, 0.2) is 10.8 Å². The lowest BCUT2D eigenvalue weighted by molar-refractivity contribution is 0.477. The lowest BCUT2D eigenvalue weighted by Gasteiger charge is -1.97. The minimum Gasteiger partial charge on any atom is -0.428 e. The maximum absolute atomic E-state index is 5.04. The van der Waals surface area contributed by atoms with Crippen molar-refractivity contribution in [3.63, 3.8) is 0 Å². The molecule has 0 fully saturated rings. The van der Waals surface area contributed by atoms with Crippen molar-refractivity contribution in [2.75, 3.05) is 0 Å². The molecule has 0 aliphatic carbocycles. The van der Waals surface area contributed by atoms with Gasteiger partial charge < -0.3 is 4.42 Å². The van der Waals surface area contributed by atoms with Crippen molar-refractivity contribution in [1.29, 1.82) is 0 Å². The third kappa shape index (κ3) is 4.65. The van der Waals surface area contributed by atoms with Gasteiger partial charge >= 0.3 is 0 Å². The first kappa shape index (κ1) is 10.2. The molecule has 3 nitrogen and oxygen atoms in total. The predicted octanol–water partition coefficient (Wildman–Crippen LogP) is 2.97. The summed E-state index contributed by atoms with van der Waals surface area (Å²) in [7, 11) is 0. The van der Waals surface area contributed by atoms with Crippen molar-refractivity contribution >= 4 is 0 Å². The van der Waals surface area contributed by atoms with E-state index in [1.807, 2.05) is 0 Å². The maximum Gasteiger partial charge on any atom is 0.216 e. The Balaban J connectivity index is 1.90. The zero-order valence-corrected chi connectivity index (χ0v) is 8.33. The Bertz CT molecular complexity index is 197. The second-order valence-corrected chi connectivity index (χ2v) is 3.35. The SMILES string of the molecule is CCCCCCCCc1nnco1. The number of hydrogen-bond donors (Lipinski definition) is 0. The van der Waals surface area contributed by atoms with Crippen LogP contribution in [-0.4, -0.2) is 10.2 Å². The van der Waals surface area contributed by atoms with Crippen LogP contribution in [0.2, 0.25) is 0 Å². The quantitative estimate of drug-likeness (QED) is 0.608. The molecular weight excluding hydrogens is 164 g/mol. The fraction of sp³-hybridized carbons (Fsp3) is 0.800. The molecule has 0 atom stereocenters. The zero-order valence-electron chi connectivity index (χ0n) is 8.33. The number of aryl methyl sites for hydroxylation is 1. The highest BCUT2D eigenvalue weighted by Crippen LogP contribution is 2.07. The fourth-order valence-corrected chi connectivity index (χ4v) is 1.36. The molecule has 0 aromatic carbocycles. The Labute approximate surface area is 79.6 Å². The van der Waals surface area contributed by atoms with Crippen molar-refractivity contribution < 1.29 is 4.42 Å². The Morgan fingerprint density at radius 1 is 1.15 bits per heavy atom. The third-order valence-electron chi connectivity index (χ3n) is 2.15. The van der Waals surface area contributed by atoms with E-state index in [-0.39, 0.29) is 0 Å². The Kier molecular flexibility index (Phi) is 5.22. The largest absolute Gasteiger partial charge is 0.428 e. The van der Waals surface area contributed by atoms with Crippen LogP contribution in [0, 0.1) is 0 Å². The molecule has 1 aromatic heterocycles. The van der Waals surface area contributed by atoms with E-state index in [1.54, 1.807) is 0 Å². The van der Waals surface area contributed by atoms with E-state index in [9.17, 15) is 0 Å². The monoisotopic (exact) mass is 182 g/mol. The van der Waals surface area contributed by atoms with E-state index in [1.165, 1.54) is 44.9 Å². The minimum atomic E-state index is 0.774. The summed E-state index contributed by atoms with van der Waals surface area (Å²) in [5.41, 5.74) is 0. The van der Waals surface area contributed by atoms with Crippen LogP contribution < -0.4 is 0 Å². The van der Waals surface area contributed by atoms with Gasteiger partial charge in [-0.2, -0.15) is 0 Å². The number of rotatable bonds is 7. The Morgan fingerprint density at radius 2 is 1.92 bits per heavy atom. The molecule has 0 aliphatic heterocycles. The molecule has 1 heterocycles. The molecule has 0 unspecified atom stereocenters. The molecule has 1 aromatic rings. The molecule has 0 saturated carbocycles. The Hall–Kier alpha value is -0.860. The van der Waals surface area contributed by atoms with E-state index < -0.39 is 0 Å². The van der Waals surface area contributed by atoms with Gasteiger partial charge in [-0.15, -0.1) is 10.2 Å². The van der Waals surface area contributed by atoms with Crippen molar-refractivity contribution in [2.24, 2.45) is 0 Å². The van der Waals surface area contributed by atoms with Crippen LogP contribution in [0.4, 0.5) is 0 Å². The van der Waals surface area contributed by atoms with Crippen molar-refractivity contribution in [1.82, 2.24) is 10.2 Å². The normalized spacial score (nSPS) is 10.5. The highest BCUT2D eigenvalue weighted by atomic mass is 16.4. The van der Waals surface area contributed by atoms with Gasteiger partial charge in [0.1, 0.15) is 0 Å². The summed E-state index contributed by atoms with van der Waals surface area (Å²) in [6.45, 7) is 2.23. The molecular formula is C10H18N2O. The van der Waals surface area contributed by atoms with Crippen LogP contribution in [0.5, 0.6) is 0 Å². The summed E-state index contributed by atoms with van der Waals surface area (Å²) in [4.78, 5) is 0. The Morgan fingerprint density at radius 3 is 2.62 bits per heavy atom. The van der Waals surface area contributed by atoms with Crippen LogP contribution >= 0.6 is 0 Å². The van der Waals surface area contributed by atoms with Crippen LogP contribution in [0.1, 0.15) is 51.3 Å². The van der Waals surface area contributed by atoms with Crippen molar-refractivity contribution in [3.05, 3.63) is 12.3 Å². The molecule has 13 heavy (non-hydrogen) atoms. The molecule has 1 rings (SSSR count). The van der Waals surface area contributed by atoms with Gasteiger partial charge in [0.15, 0.2) is 0 Å². The van der Waals surface area contributed by atoms with Crippen molar-refractivity contribution in [3.8, 4) is 0 Å². The first-order valence-corrected chi connectivity index (χ1v) is 5.18. The summed E-state index contributed by atoms with van der Waals surface area (Å²) in [6.07, 6.45) is 10.2. The summed E-state index contributed by atoms with van der Waals surface area (Å²) in [6, 6.07) is 0. The topological polar surface area (TPSA) is 38.9 Å². The van der Waals surface area contributed by atoms with Crippen molar-refractivity contribution in [2.45, 2.75) is 51.9 Å². The average Bonchev–Trinajstić information content (AvgIpc) is 2.63. The standard InChI is InChI=1S/C10H18N2O/c1-2-3-4-5-6-7-8-10-12-11-9-13-10/h9H,2-8H2,1H3. The lowest BCUT2D eigenvalue weighted by atomic mass is 10.1. The smallest absolute Gasteiger partial charge is 0.216 e. The maximum atomic E-state index is 5.04. The molecule has 0 amide bonds. The number of hydrogen-bond acceptors (Lipinski definition) is 3. The van der Waals surface area contributed by atoms with Crippen LogP contribution in [0.3, 0.4) is 0 Å². The number of nitrogens with zero attached hydrogens (tertiary/aromatic N) is 2. The fourth-order valence-electron chi connectivity index (χ4n) is 1.36. The molecule has 0 bridgehead atoms. The highest BCUT2D eigenvalue weighted by Gasteiger charge is 1.97. The summed E-state index contributed by atoms with van der Waals surface area (Å²) in [5, 5.41) is 7.47. The zero-order chi connectivity index (χ0) is 9.36. The summed E-state index contributed by atoms with van der Waals surface area (Å²) < 4.78 is 5.04. The van der Waals surface area contributed by atoms with E-state index in [2.05, 4.69) is 17.1 Å². The first-order chi connectivity index (χ1) is 6.43. The minimum absolute atomic E-state index is 0.774. The predicted molar refractivity (Wildman–Crippen MR) is 51.4 cm³/mol. The first-order valence-electron chi connectivity index (χ1n) is 5.18. The van der Waals surface area contributed by atoms with Gasteiger partial charge in [-0.3, -0.25) is 0 Å². The molecule has 0 aliphatic rings. The van der Waals surface area contributed by atoms with E-state index in [4.69, 9.17) is 4.42 Å². The molecule has 0 N–H and O–H groups in total. The second kappa shape index (κ2) is 6.63. The van der Waals surface area contributed by atoms with Gasteiger partial charge in [-0.1, -0.05) is 39.0 Å². The second-order valence-electron chi connectivity index (χ2n) is 3.35. The van der Waals surface area contributed by atoms with Crippen LogP contribution in [0.25, 0.3) is 0 Å². The molecule has 0 radical (unpaired) electrons. The highest BCUT2D eigenvalue weighted by molar-refractivity contribution is 4.71. The van der Waals surface area contributed by atoms with Gasteiger partial charge in [-0.25, -0.2) is 0 Å². The molecule has 3 heteroatoms. The van der Waals surface area contributed by atoms with E-state index in [0.29, 0.717) is 0 Å². The van der Waals surface area contributed by atoms with E-state index >= 15 is 0 Å². The van der Waals surface area contributed by atoms with E-state index in [0.717, 1.165) is 12.3 Å². The van der Waals surface area contributed by atoms with Gasteiger partial charge in [-0.05, 0) is 6.42 Å². The van der Waals surface area contributed by atoms with Gasteiger partial charge in [0.2, 0.25) is 12.3 Å². The van der Waals surface area contributed by atoms with Crippen LogP contribution in [-0.2, 0) is 6.42 Å². The lowest BCUT2D eigenvalue weighted by Crippen LogP contribution is -1.86. The molecule has 0 spiro atoms. The summed E-state index contributed by atoms with van der Waals surface area (Å²) >= 11 is 0. The average molecular weight is 182 g/mol. The molecule has 74 valence electrons. The number of aromatic nitrogens is 2. The summed E-state index contributed by atoms with van der Waals surface area (Å²) in [5.74, 6) is 0.774. The van der Waals surface area contributed by atoms with Gasteiger partial charge in [0.05, 0.1) is 0 Å². The van der Waals surface area contributed by atoms with Gasteiger partial charge in [0.25, 0.3) is 0 Å². The third-order valence-corrected chi connectivity index (χ3v) is 2.15. The molecule has 0 saturated heterocycles. The van der Waals surface area contributed by atoms with Gasteiger partial charge in [0, 0.05) is 6.42 Å².